The van der Waals surface area contributed by atoms with E-state index < -0.39 is 0 Å². The van der Waals surface area contributed by atoms with Gasteiger partial charge < -0.3 is 5.73 Å². The lowest BCUT2D eigenvalue weighted by Crippen LogP contribution is -2.00. The molecule has 2 nitrogen and oxygen atoms in total. The second kappa shape index (κ2) is 5.63. The van der Waals surface area contributed by atoms with E-state index in [-0.39, 0.29) is 0 Å². The van der Waals surface area contributed by atoms with Crippen molar-refractivity contribution in [2.75, 3.05) is 5.73 Å². The van der Waals surface area contributed by atoms with E-state index in [2.05, 4.69) is 24.9 Å². The van der Waals surface area contributed by atoms with Gasteiger partial charge in [-0.15, -0.1) is 0 Å². The van der Waals surface area contributed by atoms with E-state index in [1.807, 2.05) is 12.3 Å². The Hall–Kier alpha value is -1.05. The molecule has 0 fully saturated rings. The monoisotopic (exact) mass is 192 g/mol. The summed E-state index contributed by atoms with van der Waals surface area (Å²) in [7, 11) is 0. The van der Waals surface area contributed by atoms with Crippen LogP contribution in [0.4, 0.5) is 5.82 Å². The van der Waals surface area contributed by atoms with Gasteiger partial charge in [-0.2, -0.15) is 0 Å². The Balaban J connectivity index is 2.71. The zero-order valence-corrected chi connectivity index (χ0v) is 9.16. The molecule has 0 aliphatic rings. The molecule has 0 aliphatic carbocycles. The molecular formula is C12H20N2. The van der Waals surface area contributed by atoms with Crippen LogP contribution in [0, 0.1) is 0 Å². The summed E-state index contributed by atoms with van der Waals surface area (Å²) in [5.74, 6) is 1.28. The predicted octanol–water partition coefficient (Wildman–Crippen LogP) is 3.35. The standard InChI is InChI=1S/C12H20N2/c1-3-5-10(6-4-2)11-7-8-12(13)14-9-11/h7-10H,3-6H2,1-2H3,(H2,13,14). The van der Waals surface area contributed by atoms with Gasteiger partial charge in [0.15, 0.2) is 0 Å². The maximum absolute atomic E-state index is 5.56. The summed E-state index contributed by atoms with van der Waals surface area (Å²) in [6, 6.07) is 4.01. The van der Waals surface area contributed by atoms with Crippen LogP contribution in [-0.2, 0) is 0 Å². The Morgan fingerprint density at radius 3 is 2.29 bits per heavy atom. The molecule has 1 rings (SSSR count). The van der Waals surface area contributed by atoms with Crippen LogP contribution >= 0.6 is 0 Å². The summed E-state index contributed by atoms with van der Waals surface area (Å²) in [6.45, 7) is 4.46. The number of hydrogen-bond donors (Lipinski definition) is 1. The molecule has 1 heterocycles. The quantitative estimate of drug-likeness (QED) is 0.777. The molecule has 2 heteroatoms. The molecule has 14 heavy (non-hydrogen) atoms. The molecule has 0 amide bonds. The first-order chi connectivity index (χ1) is 6.77. The van der Waals surface area contributed by atoms with E-state index in [0.717, 1.165) is 0 Å². The van der Waals surface area contributed by atoms with Gasteiger partial charge in [-0.25, -0.2) is 4.98 Å². The van der Waals surface area contributed by atoms with E-state index in [1.165, 1.54) is 31.2 Å². The summed E-state index contributed by atoms with van der Waals surface area (Å²) in [6.07, 6.45) is 6.88. The number of nitrogens with zero attached hydrogens (tertiary/aromatic N) is 1. The maximum atomic E-state index is 5.56. The molecule has 0 saturated heterocycles. The molecule has 2 N–H and O–H groups in total. The fraction of sp³-hybridized carbons (Fsp3) is 0.583. The van der Waals surface area contributed by atoms with Gasteiger partial charge in [-0.1, -0.05) is 32.8 Å². The van der Waals surface area contributed by atoms with Gasteiger partial charge in [0.1, 0.15) is 5.82 Å². The Morgan fingerprint density at radius 2 is 1.86 bits per heavy atom. The Morgan fingerprint density at radius 1 is 1.21 bits per heavy atom. The maximum Gasteiger partial charge on any atom is 0.123 e. The van der Waals surface area contributed by atoms with Crippen molar-refractivity contribution >= 4 is 5.82 Å². The van der Waals surface area contributed by atoms with Crippen molar-refractivity contribution < 1.29 is 0 Å². The van der Waals surface area contributed by atoms with Crippen LogP contribution in [0.1, 0.15) is 51.0 Å². The molecule has 0 unspecified atom stereocenters. The zero-order valence-electron chi connectivity index (χ0n) is 9.16. The predicted molar refractivity (Wildman–Crippen MR) is 61.2 cm³/mol. The van der Waals surface area contributed by atoms with Gasteiger partial charge in [0, 0.05) is 6.20 Å². The third kappa shape index (κ3) is 3.02. The molecule has 0 aliphatic heterocycles. The summed E-state index contributed by atoms with van der Waals surface area (Å²) in [4.78, 5) is 4.14. The third-order valence-electron chi connectivity index (χ3n) is 2.55. The van der Waals surface area contributed by atoms with Crippen LogP contribution in [0.25, 0.3) is 0 Å². The largest absolute Gasteiger partial charge is 0.384 e. The average Bonchev–Trinajstić information content (AvgIpc) is 2.19. The van der Waals surface area contributed by atoms with E-state index in [9.17, 15) is 0 Å². The minimum Gasteiger partial charge on any atom is -0.384 e. The van der Waals surface area contributed by atoms with Crippen LogP contribution in [0.2, 0.25) is 0 Å². The second-order valence-electron chi connectivity index (χ2n) is 3.79. The lowest BCUT2D eigenvalue weighted by Gasteiger charge is -2.15. The number of anilines is 1. The smallest absolute Gasteiger partial charge is 0.123 e. The van der Waals surface area contributed by atoms with Gasteiger partial charge in [0.25, 0.3) is 0 Å². The first-order valence-electron chi connectivity index (χ1n) is 5.49. The van der Waals surface area contributed by atoms with Crippen LogP contribution in [0.15, 0.2) is 18.3 Å². The molecule has 0 saturated carbocycles. The van der Waals surface area contributed by atoms with Crippen LogP contribution < -0.4 is 5.73 Å². The van der Waals surface area contributed by atoms with E-state index in [4.69, 9.17) is 5.73 Å². The van der Waals surface area contributed by atoms with Gasteiger partial charge in [-0.3, -0.25) is 0 Å². The number of aromatic nitrogens is 1. The Labute approximate surface area is 86.5 Å². The first-order valence-corrected chi connectivity index (χ1v) is 5.49. The highest BCUT2D eigenvalue weighted by molar-refractivity contribution is 5.30. The highest BCUT2D eigenvalue weighted by Crippen LogP contribution is 2.25. The molecule has 0 aromatic carbocycles. The van der Waals surface area contributed by atoms with E-state index in [0.29, 0.717) is 11.7 Å². The molecule has 0 spiro atoms. The fourth-order valence-corrected chi connectivity index (χ4v) is 1.83. The summed E-state index contributed by atoms with van der Waals surface area (Å²) in [5.41, 5.74) is 6.90. The highest BCUT2D eigenvalue weighted by atomic mass is 14.8. The third-order valence-corrected chi connectivity index (χ3v) is 2.55. The number of rotatable bonds is 5. The van der Waals surface area contributed by atoms with Crippen molar-refractivity contribution in [1.82, 2.24) is 4.98 Å². The molecule has 1 aromatic rings. The molecule has 0 radical (unpaired) electrons. The lowest BCUT2D eigenvalue weighted by atomic mass is 9.92. The molecule has 0 bridgehead atoms. The van der Waals surface area contributed by atoms with Gasteiger partial charge in [0.2, 0.25) is 0 Å². The SMILES string of the molecule is CCCC(CCC)c1ccc(N)nc1. The summed E-state index contributed by atoms with van der Waals surface area (Å²) < 4.78 is 0. The minimum atomic E-state index is 0.612. The Bertz CT molecular complexity index is 248. The van der Waals surface area contributed by atoms with Crippen molar-refractivity contribution in [2.45, 2.75) is 45.4 Å². The van der Waals surface area contributed by atoms with Crippen molar-refractivity contribution in [2.24, 2.45) is 0 Å². The minimum absolute atomic E-state index is 0.612. The molecular weight excluding hydrogens is 172 g/mol. The fourth-order valence-electron chi connectivity index (χ4n) is 1.83. The van der Waals surface area contributed by atoms with Gasteiger partial charge in [0.05, 0.1) is 0 Å². The highest BCUT2D eigenvalue weighted by Gasteiger charge is 2.09. The number of nitrogens with two attached hydrogens (primary N) is 1. The van der Waals surface area contributed by atoms with Gasteiger partial charge >= 0.3 is 0 Å². The van der Waals surface area contributed by atoms with Crippen molar-refractivity contribution in [3.8, 4) is 0 Å². The molecule has 1 aromatic heterocycles. The number of pyridine rings is 1. The number of nitrogen functional groups attached to an aromatic ring is 1. The van der Waals surface area contributed by atoms with Crippen LogP contribution in [0.3, 0.4) is 0 Å². The normalized spacial score (nSPS) is 10.8. The topological polar surface area (TPSA) is 38.9 Å². The lowest BCUT2D eigenvalue weighted by molar-refractivity contribution is 0.559. The Kier molecular flexibility index (Phi) is 4.44. The second-order valence-corrected chi connectivity index (χ2v) is 3.79. The first kappa shape index (κ1) is 11.0. The van der Waals surface area contributed by atoms with Crippen LogP contribution in [0.5, 0.6) is 0 Å². The zero-order chi connectivity index (χ0) is 10.4. The van der Waals surface area contributed by atoms with Crippen molar-refractivity contribution in [1.29, 1.82) is 0 Å². The van der Waals surface area contributed by atoms with E-state index >= 15 is 0 Å². The van der Waals surface area contributed by atoms with Crippen molar-refractivity contribution in [3.05, 3.63) is 23.9 Å². The summed E-state index contributed by atoms with van der Waals surface area (Å²) in [5, 5.41) is 0. The molecule has 0 atom stereocenters. The van der Waals surface area contributed by atoms with Gasteiger partial charge in [-0.05, 0) is 30.4 Å². The van der Waals surface area contributed by atoms with E-state index in [1.54, 1.807) is 0 Å². The number of hydrogen-bond acceptors (Lipinski definition) is 2. The molecule has 78 valence electrons. The summed E-state index contributed by atoms with van der Waals surface area (Å²) >= 11 is 0. The average molecular weight is 192 g/mol. The van der Waals surface area contributed by atoms with Crippen LogP contribution in [-0.4, -0.2) is 4.98 Å². The van der Waals surface area contributed by atoms with Crippen molar-refractivity contribution in [3.63, 3.8) is 0 Å².